The number of nitrogens with zero attached hydrogens (tertiary/aromatic N) is 2. The van der Waals surface area contributed by atoms with Crippen molar-refractivity contribution in [3.63, 3.8) is 0 Å². The highest BCUT2D eigenvalue weighted by atomic mass is 15.0. The summed E-state index contributed by atoms with van der Waals surface area (Å²) in [5.74, 6) is 0.198. The van der Waals surface area contributed by atoms with Crippen LogP contribution in [-0.4, -0.2) is 15.0 Å². The van der Waals surface area contributed by atoms with Gasteiger partial charge in [0.1, 0.15) is 15.2 Å². The topological polar surface area (TPSA) is 55.7 Å². The molecule has 2 aliphatic rings. The Morgan fingerprint density at radius 3 is 3.78 bits per heavy atom. The molecule has 0 amide bonds. The van der Waals surface area contributed by atoms with Crippen molar-refractivity contribution in [1.82, 2.24) is 15.0 Å². The summed E-state index contributed by atoms with van der Waals surface area (Å²) in [6.07, 6.45) is -0.729. The molecule has 2 aliphatic heterocycles. The number of imidazole rings is 1. The van der Waals surface area contributed by atoms with Crippen molar-refractivity contribution in [2.75, 3.05) is 0 Å². The standard InChI is InChI=1S/C5H4N4/c1-4-5(8-2-6-1)9-3-7-4/h1-3H,(H,6,7,8,9)/p+1/i1T,2T,3T/hT. The number of hydrogen-bond donors (Lipinski definition) is 1. The zero-order valence-electron chi connectivity index (χ0n) is 8.34. The second kappa shape index (κ2) is 1.51. The van der Waals surface area contributed by atoms with Gasteiger partial charge in [0.25, 0.3) is 0 Å². The molecule has 0 saturated heterocycles. The predicted molar refractivity (Wildman–Crippen MR) is 29.6 cm³/mol. The van der Waals surface area contributed by atoms with E-state index in [1.165, 1.54) is 0 Å². The lowest BCUT2D eigenvalue weighted by molar-refractivity contribution is -0.382. The Hall–Kier alpha value is -1.45. The summed E-state index contributed by atoms with van der Waals surface area (Å²) in [5.41, 5.74) is 0.135. The van der Waals surface area contributed by atoms with Gasteiger partial charge in [0, 0.05) is 0 Å². The Bertz CT molecular complexity index is 439. The van der Waals surface area contributed by atoms with E-state index in [0.29, 0.717) is 4.98 Å². The monoisotopic (exact) mass is 129 g/mol. The number of nitrogens with one attached hydrogen (secondary N) is 2. The van der Waals surface area contributed by atoms with Crippen LogP contribution in [0.3, 0.4) is 0 Å². The largest absolute Gasteiger partial charge is 0.311 e. The van der Waals surface area contributed by atoms with Gasteiger partial charge in [-0.15, -0.1) is 0 Å². The molecule has 0 fully saturated rings. The third-order valence-corrected chi connectivity index (χ3v) is 0.940. The highest BCUT2D eigenvalue weighted by molar-refractivity contribution is 5.45. The second-order valence-corrected chi connectivity index (χ2v) is 1.48. The fourth-order valence-electron chi connectivity index (χ4n) is 0.558. The lowest BCUT2D eigenvalue weighted by Gasteiger charge is -1.82. The molecule has 44 valence electrons. The molecule has 9 heavy (non-hydrogen) atoms. The van der Waals surface area contributed by atoms with Crippen LogP contribution in [0.4, 0.5) is 0 Å². The normalized spacial score (nSPS) is 16.4. The van der Waals surface area contributed by atoms with Gasteiger partial charge >= 0.3 is 1.41 Å². The van der Waals surface area contributed by atoms with Gasteiger partial charge in [-0.2, -0.15) is 4.98 Å². The zero-order chi connectivity index (χ0) is 9.59. The van der Waals surface area contributed by atoms with Crippen LogP contribution >= 0.6 is 0 Å². The van der Waals surface area contributed by atoms with Gasteiger partial charge in [0.2, 0.25) is 12.1 Å². The summed E-state index contributed by atoms with van der Waals surface area (Å²) in [6.45, 7) is 0. The lowest BCUT2D eigenvalue weighted by atomic mass is 10.4. The van der Waals surface area contributed by atoms with E-state index in [9.17, 15) is 0 Å². The third-order valence-electron chi connectivity index (χ3n) is 0.940. The van der Waals surface area contributed by atoms with Gasteiger partial charge in [-0.05, 0) is 0 Å². The first-order valence-corrected chi connectivity index (χ1v) is 2.34. The molecule has 0 saturated carbocycles. The number of rotatable bonds is 0. The minimum atomic E-state index is -0.266. The van der Waals surface area contributed by atoms with E-state index < -0.39 is 0 Å². The Morgan fingerprint density at radius 1 is 1.78 bits per heavy atom. The predicted octanol–water partition coefficient (Wildman–Crippen LogP) is -0.276. The molecule has 0 radical (unpaired) electrons. The summed E-state index contributed by atoms with van der Waals surface area (Å²) in [7, 11) is 0. The molecular weight excluding hydrogens is 116 g/mol. The van der Waals surface area contributed by atoms with Crippen molar-refractivity contribution in [3.8, 4) is 11.5 Å². The van der Waals surface area contributed by atoms with Crippen LogP contribution in [0.5, 0.6) is 0 Å². The fraction of sp³-hybridized carbons (Fsp3) is 0. The maximum Gasteiger partial charge on any atom is 0.311 e. The first-order valence-electron chi connectivity index (χ1n) is 4.29. The minimum absolute atomic E-state index is 0.135. The Labute approximate surface area is 57.0 Å². The number of H-pyrrole nitrogens is 2. The van der Waals surface area contributed by atoms with Crippen LogP contribution in [0.15, 0.2) is 18.8 Å². The van der Waals surface area contributed by atoms with Gasteiger partial charge in [-0.25, -0.2) is 9.97 Å². The van der Waals surface area contributed by atoms with Crippen molar-refractivity contribution in [3.05, 3.63) is 18.8 Å². The molecule has 0 aromatic heterocycles. The molecule has 0 aromatic rings. The number of hydrogen-bond acceptors (Lipinski definition) is 2. The Morgan fingerprint density at radius 2 is 2.78 bits per heavy atom. The molecule has 0 bridgehead atoms. The van der Waals surface area contributed by atoms with Crippen LogP contribution in [0, 0.1) is 0 Å². The maximum atomic E-state index is 7.39. The quantitative estimate of drug-likeness (QED) is 0.532. The SMILES string of the molecule is [3H]c1nc2[nH]c([3H])[n+]([3H])c([3H])c-2n1. The van der Waals surface area contributed by atoms with Gasteiger partial charge < -0.3 is 0 Å². The first kappa shape index (κ1) is 2.06. The number of aromatic amines is 2. The van der Waals surface area contributed by atoms with Crippen molar-refractivity contribution in [2.24, 2.45) is 0 Å². The average molecular weight is 129 g/mol. The number of fused-ring (bicyclic) bond motifs is 1. The molecule has 0 atom stereocenters. The van der Waals surface area contributed by atoms with E-state index in [1.54, 1.807) is 0 Å². The van der Waals surface area contributed by atoms with Crippen molar-refractivity contribution < 1.29 is 10.5 Å². The highest BCUT2D eigenvalue weighted by Crippen LogP contribution is 2.06. The summed E-state index contributed by atoms with van der Waals surface area (Å²) in [6, 6.07) is 0. The smallest absolute Gasteiger partial charge is 0.251 e. The third kappa shape index (κ3) is 0.561. The molecular formula is C5H5N4+. The van der Waals surface area contributed by atoms with Crippen molar-refractivity contribution in [2.45, 2.75) is 0 Å². The second-order valence-electron chi connectivity index (χ2n) is 1.48. The highest BCUT2D eigenvalue weighted by Gasteiger charge is 2.06. The van der Waals surface area contributed by atoms with E-state index in [1.807, 2.05) is 0 Å². The fourth-order valence-corrected chi connectivity index (χ4v) is 0.558. The molecule has 4 heteroatoms. The molecule has 2 heterocycles. The van der Waals surface area contributed by atoms with Crippen LogP contribution in [-0.2, 0) is 0 Å². The van der Waals surface area contributed by atoms with Gasteiger partial charge in [-0.3, -0.25) is 4.98 Å². The van der Waals surface area contributed by atoms with E-state index >= 15 is 0 Å². The van der Waals surface area contributed by atoms with E-state index in [-0.39, 0.29) is 30.3 Å². The van der Waals surface area contributed by atoms with E-state index in [0.717, 1.165) is 0 Å². The maximum absolute atomic E-state index is 7.39. The molecule has 2 rings (SSSR count). The van der Waals surface area contributed by atoms with Gasteiger partial charge in [0.05, 0.1) is 0 Å². The van der Waals surface area contributed by atoms with Crippen LogP contribution in [0.2, 0.25) is 1.41 Å². The summed E-state index contributed by atoms with van der Waals surface area (Å²) < 4.78 is 28.9. The van der Waals surface area contributed by atoms with Crippen molar-refractivity contribution in [1.29, 1.82) is 0 Å². The molecule has 0 spiro atoms. The first-order chi connectivity index (χ1) is 6.09. The lowest BCUT2D eigenvalue weighted by Crippen LogP contribution is -2.02. The minimum Gasteiger partial charge on any atom is -0.251 e. The van der Waals surface area contributed by atoms with E-state index in [4.69, 9.17) is 5.52 Å². The molecule has 0 aromatic carbocycles. The Balaban J connectivity index is 2.85. The average Bonchev–Trinajstić information content (AvgIpc) is 2.42. The van der Waals surface area contributed by atoms with Crippen LogP contribution in [0.25, 0.3) is 11.5 Å². The molecule has 4 nitrogen and oxygen atoms in total. The van der Waals surface area contributed by atoms with Gasteiger partial charge in [0.15, 0.2) is 7.06 Å². The zero-order valence-corrected chi connectivity index (χ0v) is 4.34. The molecule has 2 N–H and O–H groups in total. The summed E-state index contributed by atoms with van der Waals surface area (Å²) in [4.78, 5) is 10.3. The van der Waals surface area contributed by atoms with Crippen LogP contribution in [0.1, 0.15) is 4.11 Å². The summed E-state index contributed by atoms with van der Waals surface area (Å²) in [5, 5.41) is 0. The summed E-state index contributed by atoms with van der Waals surface area (Å²) >= 11 is 0. The number of aromatic nitrogens is 4. The van der Waals surface area contributed by atoms with Crippen LogP contribution < -0.4 is 4.98 Å². The van der Waals surface area contributed by atoms with Gasteiger partial charge in [-0.1, -0.05) is 0 Å². The van der Waals surface area contributed by atoms with Crippen molar-refractivity contribution >= 4 is 0 Å². The van der Waals surface area contributed by atoms with E-state index in [2.05, 4.69) is 15.0 Å². The molecule has 0 aliphatic carbocycles. The molecule has 0 unspecified atom stereocenters. The Kier molecular flexibility index (Phi) is 0.346.